The maximum atomic E-state index is 12.1. The molecule has 118 valence electrons. The number of nitrogens with zero attached hydrogens (tertiary/aromatic N) is 2. The van der Waals surface area contributed by atoms with Crippen molar-refractivity contribution in [2.24, 2.45) is 0 Å². The van der Waals surface area contributed by atoms with Crippen molar-refractivity contribution in [2.45, 2.75) is 33.7 Å². The number of hydrogen-bond donors (Lipinski definition) is 1. The van der Waals surface area contributed by atoms with Crippen molar-refractivity contribution in [1.29, 1.82) is 0 Å². The van der Waals surface area contributed by atoms with Crippen LogP contribution < -0.4 is 5.32 Å². The number of nitrogens with one attached hydrogen (secondary N) is 1. The van der Waals surface area contributed by atoms with E-state index in [-0.39, 0.29) is 6.03 Å². The summed E-state index contributed by atoms with van der Waals surface area (Å²) in [4.78, 5) is 19.4. The number of carbonyl (C=O) groups is 1. The Hall–Kier alpha value is -1.88. The van der Waals surface area contributed by atoms with Crippen LogP contribution in [0.5, 0.6) is 0 Å². The minimum absolute atomic E-state index is 0.0471. The van der Waals surface area contributed by atoms with E-state index in [2.05, 4.69) is 36.3 Å². The molecule has 0 unspecified atom stereocenters. The standard InChI is InChI=1S/C17H23N3OS/c1-12-6-5-7-15(14(12)3)11-20(4)17(21)18-9-8-16-19-10-13(2)22-16/h5-7,10H,8-9,11H2,1-4H3,(H,18,21). The Morgan fingerprint density at radius 2 is 2.09 bits per heavy atom. The Morgan fingerprint density at radius 1 is 1.32 bits per heavy atom. The number of rotatable bonds is 5. The van der Waals surface area contributed by atoms with E-state index >= 15 is 0 Å². The van der Waals surface area contributed by atoms with E-state index < -0.39 is 0 Å². The third-order valence-corrected chi connectivity index (χ3v) is 4.73. The number of hydrogen-bond acceptors (Lipinski definition) is 3. The van der Waals surface area contributed by atoms with Gasteiger partial charge in [0.1, 0.15) is 0 Å². The van der Waals surface area contributed by atoms with E-state index in [1.807, 2.05) is 26.2 Å². The lowest BCUT2D eigenvalue weighted by Gasteiger charge is -2.19. The van der Waals surface area contributed by atoms with Crippen LogP contribution in [0, 0.1) is 20.8 Å². The summed E-state index contributed by atoms with van der Waals surface area (Å²) < 4.78 is 0. The maximum Gasteiger partial charge on any atom is 0.317 e. The molecule has 0 saturated carbocycles. The van der Waals surface area contributed by atoms with Crippen molar-refractivity contribution in [2.75, 3.05) is 13.6 Å². The fraction of sp³-hybridized carbons (Fsp3) is 0.412. The highest BCUT2D eigenvalue weighted by Crippen LogP contribution is 2.14. The third-order valence-electron chi connectivity index (χ3n) is 3.76. The lowest BCUT2D eigenvalue weighted by Crippen LogP contribution is -2.37. The number of benzene rings is 1. The van der Waals surface area contributed by atoms with Crippen molar-refractivity contribution in [3.05, 3.63) is 51.0 Å². The van der Waals surface area contributed by atoms with Gasteiger partial charge in [0.2, 0.25) is 0 Å². The first-order valence-electron chi connectivity index (χ1n) is 7.42. The predicted molar refractivity (Wildman–Crippen MR) is 91.3 cm³/mol. The summed E-state index contributed by atoms with van der Waals surface area (Å²) in [6, 6.07) is 6.15. The number of thiazole rings is 1. The van der Waals surface area contributed by atoms with Crippen LogP contribution in [0.2, 0.25) is 0 Å². The van der Waals surface area contributed by atoms with Crippen molar-refractivity contribution in [3.8, 4) is 0 Å². The Balaban J connectivity index is 1.83. The van der Waals surface area contributed by atoms with E-state index in [9.17, 15) is 4.79 Å². The number of aryl methyl sites for hydroxylation is 2. The summed E-state index contributed by atoms with van der Waals surface area (Å²) in [5, 5.41) is 4.01. The minimum Gasteiger partial charge on any atom is -0.338 e. The molecule has 0 spiro atoms. The summed E-state index contributed by atoms with van der Waals surface area (Å²) >= 11 is 1.68. The van der Waals surface area contributed by atoms with E-state index in [1.54, 1.807) is 16.2 Å². The van der Waals surface area contributed by atoms with Gasteiger partial charge in [-0.15, -0.1) is 11.3 Å². The third kappa shape index (κ3) is 4.31. The van der Waals surface area contributed by atoms with Crippen molar-refractivity contribution < 1.29 is 4.79 Å². The van der Waals surface area contributed by atoms with Crippen molar-refractivity contribution in [1.82, 2.24) is 15.2 Å². The molecule has 5 heteroatoms. The van der Waals surface area contributed by atoms with Gasteiger partial charge in [-0.05, 0) is 37.5 Å². The average Bonchev–Trinajstić information content (AvgIpc) is 2.89. The highest BCUT2D eigenvalue weighted by Gasteiger charge is 2.10. The van der Waals surface area contributed by atoms with Crippen molar-refractivity contribution in [3.63, 3.8) is 0 Å². The van der Waals surface area contributed by atoms with Gasteiger partial charge >= 0.3 is 6.03 Å². The molecule has 0 bridgehead atoms. The second-order valence-corrected chi connectivity index (χ2v) is 6.88. The molecule has 0 radical (unpaired) electrons. The summed E-state index contributed by atoms with van der Waals surface area (Å²) in [5.41, 5.74) is 3.69. The largest absolute Gasteiger partial charge is 0.338 e. The molecule has 0 aliphatic rings. The summed E-state index contributed by atoms with van der Waals surface area (Å²) in [6.45, 7) is 7.46. The Labute approximate surface area is 136 Å². The normalized spacial score (nSPS) is 10.5. The molecule has 0 saturated heterocycles. The number of aromatic nitrogens is 1. The number of carbonyl (C=O) groups excluding carboxylic acids is 1. The van der Waals surface area contributed by atoms with E-state index in [4.69, 9.17) is 0 Å². The topological polar surface area (TPSA) is 45.2 Å². The molecule has 0 fully saturated rings. The van der Waals surface area contributed by atoms with Crippen LogP contribution in [0.1, 0.15) is 26.6 Å². The summed E-state index contributed by atoms with van der Waals surface area (Å²) in [6.07, 6.45) is 2.65. The van der Waals surface area contributed by atoms with E-state index in [0.717, 1.165) is 11.4 Å². The molecule has 22 heavy (non-hydrogen) atoms. The Morgan fingerprint density at radius 3 is 2.77 bits per heavy atom. The lowest BCUT2D eigenvalue weighted by molar-refractivity contribution is 0.207. The highest BCUT2D eigenvalue weighted by atomic mass is 32.1. The fourth-order valence-electron chi connectivity index (χ4n) is 2.24. The van der Waals surface area contributed by atoms with Gasteiger partial charge in [0.15, 0.2) is 0 Å². The van der Waals surface area contributed by atoms with Crippen LogP contribution in [0.25, 0.3) is 0 Å². The first-order valence-corrected chi connectivity index (χ1v) is 8.24. The summed E-state index contributed by atoms with van der Waals surface area (Å²) in [7, 11) is 1.82. The van der Waals surface area contributed by atoms with Gasteiger partial charge < -0.3 is 10.2 Å². The quantitative estimate of drug-likeness (QED) is 0.918. The van der Waals surface area contributed by atoms with Crippen LogP contribution >= 0.6 is 11.3 Å². The van der Waals surface area contributed by atoms with Gasteiger partial charge in [-0.1, -0.05) is 18.2 Å². The molecule has 2 rings (SSSR count). The Bertz CT molecular complexity index is 651. The van der Waals surface area contributed by atoms with E-state index in [1.165, 1.54) is 21.6 Å². The zero-order chi connectivity index (χ0) is 16.1. The zero-order valence-electron chi connectivity index (χ0n) is 13.6. The van der Waals surface area contributed by atoms with Crippen LogP contribution in [0.3, 0.4) is 0 Å². The molecule has 1 aromatic carbocycles. The molecule has 2 aromatic rings. The fourth-order valence-corrected chi connectivity index (χ4v) is 3.03. The van der Waals surface area contributed by atoms with Gasteiger partial charge in [-0.25, -0.2) is 9.78 Å². The second kappa shape index (κ2) is 7.40. The van der Waals surface area contributed by atoms with Crippen molar-refractivity contribution >= 4 is 17.4 Å². The van der Waals surface area contributed by atoms with Crippen LogP contribution in [-0.4, -0.2) is 29.5 Å². The molecule has 4 nitrogen and oxygen atoms in total. The van der Waals surface area contributed by atoms with Gasteiger partial charge in [-0.3, -0.25) is 0 Å². The maximum absolute atomic E-state index is 12.1. The zero-order valence-corrected chi connectivity index (χ0v) is 14.5. The molecule has 2 amide bonds. The van der Waals surface area contributed by atoms with E-state index in [0.29, 0.717) is 13.1 Å². The van der Waals surface area contributed by atoms with Gasteiger partial charge in [0, 0.05) is 37.6 Å². The highest BCUT2D eigenvalue weighted by molar-refractivity contribution is 7.11. The van der Waals surface area contributed by atoms with Gasteiger partial charge in [0.25, 0.3) is 0 Å². The molecular formula is C17H23N3OS. The van der Waals surface area contributed by atoms with Crippen LogP contribution in [0.15, 0.2) is 24.4 Å². The average molecular weight is 317 g/mol. The monoisotopic (exact) mass is 317 g/mol. The first kappa shape index (κ1) is 16.5. The number of amides is 2. The van der Waals surface area contributed by atoms with Gasteiger partial charge in [-0.2, -0.15) is 0 Å². The lowest BCUT2D eigenvalue weighted by atomic mass is 10.0. The SMILES string of the molecule is Cc1cnc(CCNC(=O)N(C)Cc2cccc(C)c2C)s1. The minimum atomic E-state index is -0.0471. The second-order valence-electron chi connectivity index (χ2n) is 5.56. The Kier molecular flexibility index (Phi) is 5.55. The molecule has 1 N–H and O–H groups in total. The molecule has 1 aromatic heterocycles. The summed E-state index contributed by atoms with van der Waals surface area (Å²) in [5.74, 6) is 0. The van der Waals surface area contributed by atoms with Crippen LogP contribution in [-0.2, 0) is 13.0 Å². The molecule has 0 aliphatic heterocycles. The van der Waals surface area contributed by atoms with Gasteiger partial charge in [0.05, 0.1) is 5.01 Å². The number of urea groups is 1. The molecule has 0 atom stereocenters. The first-order chi connectivity index (χ1) is 10.5. The molecule has 0 aliphatic carbocycles. The molecular weight excluding hydrogens is 294 g/mol. The van der Waals surface area contributed by atoms with Crippen LogP contribution in [0.4, 0.5) is 4.79 Å². The predicted octanol–water partition coefficient (Wildman–Crippen LogP) is 3.45. The molecule has 1 heterocycles. The smallest absolute Gasteiger partial charge is 0.317 e.